The molecule has 12 heteroatoms. The normalized spacial score (nSPS) is 12.8. The van der Waals surface area contributed by atoms with Crippen LogP contribution in [0.2, 0.25) is 0 Å². The number of benzene rings is 4. The van der Waals surface area contributed by atoms with Crippen molar-refractivity contribution in [1.29, 1.82) is 5.26 Å². The molecular weight excluding hydrogens is 719 g/mol. The molecule has 4 amide bonds. The highest BCUT2D eigenvalue weighted by molar-refractivity contribution is 8.00. The largest absolute Gasteiger partial charge is 0.494 e. The smallest absolute Gasteiger partial charge is 0.272 e. The van der Waals surface area contributed by atoms with E-state index >= 15 is 0 Å². The number of fused-ring (bicyclic) bond motifs is 1. The van der Waals surface area contributed by atoms with E-state index in [2.05, 4.69) is 22.0 Å². The summed E-state index contributed by atoms with van der Waals surface area (Å²) in [5.74, 6) is -0.642. The molecule has 1 aromatic heterocycles. The van der Waals surface area contributed by atoms with Crippen molar-refractivity contribution in [3.8, 4) is 11.8 Å². The molecule has 272 valence electrons. The first-order chi connectivity index (χ1) is 26.2. The molecule has 0 aliphatic carbocycles. The minimum Gasteiger partial charge on any atom is -0.494 e. The van der Waals surface area contributed by atoms with E-state index in [9.17, 15) is 24.4 Å². The number of anilines is 2. The van der Waals surface area contributed by atoms with Crippen LogP contribution in [0.15, 0.2) is 120 Å². The fourth-order valence-corrected chi connectivity index (χ4v) is 8.17. The fraction of sp³-hybridized carbons (Fsp3) is 0.167. The molecule has 4 aromatic carbocycles. The Labute approximate surface area is 321 Å². The van der Waals surface area contributed by atoms with Gasteiger partial charge in [-0.2, -0.15) is 5.26 Å². The summed E-state index contributed by atoms with van der Waals surface area (Å²) in [5.41, 5.74) is 3.62. The molecule has 1 unspecified atom stereocenters. The van der Waals surface area contributed by atoms with Crippen LogP contribution in [0.25, 0.3) is 6.08 Å². The van der Waals surface area contributed by atoms with Crippen LogP contribution in [0.3, 0.4) is 0 Å². The average Bonchev–Trinajstić information content (AvgIpc) is 3.54. The molecule has 3 N–H and O–H groups in total. The Kier molecular flexibility index (Phi) is 12.2. The van der Waals surface area contributed by atoms with Crippen molar-refractivity contribution in [3.63, 3.8) is 0 Å². The molecule has 1 atom stereocenters. The molecule has 6 rings (SSSR count). The first kappa shape index (κ1) is 37.6. The number of nitriles is 1. The van der Waals surface area contributed by atoms with E-state index in [1.54, 1.807) is 83.8 Å². The van der Waals surface area contributed by atoms with Gasteiger partial charge in [-0.15, -0.1) is 23.1 Å². The van der Waals surface area contributed by atoms with Gasteiger partial charge in [0.25, 0.3) is 11.8 Å². The number of thiophene rings is 1. The van der Waals surface area contributed by atoms with E-state index in [1.807, 2.05) is 43.3 Å². The van der Waals surface area contributed by atoms with Crippen LogP contribution in [0.5, 0.6) is 5.75 Å². The molecule has 1 aliphatic rings. The summed E-state index contributed by atoms with van der Waals surface area (Å²) in [4.78, 5) is 56.3. The van der Waals surface area contributed by atoms with E-state index in [0.29, 0.717) is 64.1 Å². The number of carbonyl (C=O) groups excluding carboxylic acids is 4. The number of amides is 4. The van der Waals surface area contributed by atoms with Gasteiger partial charge in [0.2, 0.25) is 11.8 Å². The van der Waals surface area contributed by atoms with Gasteiger partial charge in [-0.25, -0.2) is 0 Å². The van der Waals surface area contributed by atoms with E-state index in [1.165, 1.54) is 30.0 Å². The summed E-state index contributed by atoms with van der Waals surface area (Å²) in [6, 6.07) is 34.5. The molecule has 2 heterocycles. The van der Waals surface area contributed by atoms with Gasteiger partial charge < -0.3 is 25.6 Å². The maximum Gasteiger partial charge on any atom is 0.272 e. The second-order valence-corrected chi connectivity index (χ2v) is 14.6. The Morgan fingerprint density at radius 1 is 0.944 bits per heavy atom. The van der Waals surface area contributed by atoms with Crippen molar-refractivity contribution >= 4 is 63.5 Å². The monoisotopic (exact) mass is 755 g/mol. The summed E-state index contributed by atoms with van der Waals surface area (Å²) in [6.45, 7) is 4.87. The number of thioether (sulfide) groups is 1. The van der Waals surface area contributed by atoms with Crippen molar-refractivity contribution in [3.05, 3.63) is 148 Å². The fourth-order valence-electron chi connectivity index (χ4n) is 5.87. The molecule has 0 fully saturated rings. The maximum atomic E-state index is 14.0. The lowest BCUT2D eigenvalue weighted by Crippen LogP contribution is -2.33. The third-order valence-electron chi connectivity index (χ3n) is 8.57. The summed E-state index contributed by atoms with van der Waals surface area (Å²) in [7, 11) is 0. The van der Waals surface area contributed by atoms with Gasteiger partial charge in [0.15, 0.2) is 0 Å². The Hall–Kier alpha value is -6.16. The highest BCUT2D eigenvalue weighted by atomic mass is 32.2. The third kappa shape index (κ3) is 9.25. The average molecular weight is 756 g/mol. The van der Waals surface area contributed by atoms with Gasteiger partial charge in [-0.3, -0.25) is 19.2 Å². The van der Waals surface area contributed by atoms with Gasteiger partial charge in [0.1, 0.15) is 27.8 Å². The molecular formula is C42H37N5O5S2. The van der Waals surface area contributed by atoms with Crippen LogP contribution in [0.1, 0.15) is 56.6 Å². The molecule has 10 nitrogen and oxygen atoms in total. The van der Waals surface area contributed by atoms with Crippen molar-refractivity contribution in [2.24, 2.45) is 0 Å². The predicted molar refractivity (Wildman–Crippen MR) is 212 cm³/mol. The number of rotatable bonds is 12. The molecule has 1 aliphatic heterocycles. The first-order valence-corrected chi connectivity index (χ1v) is 19.0. The van der Waals surface area contributed by atoms with Gasteiger partial charge in [-0.1, -0.05) is 66.7 Å². The summed E-state index contributed by atoms with van der Waals surface area (Å²) >= 11 is 2.62. The molecule has 5 aromatic rings. The number of nitrogens with zero attached hydrogens (tertiary/aromatic N) is 2. The number of carbonyl (C=O) groups is 4. The zero-order chi connectivity index (χ0) is 38.0. The minimum absolute atomic E-state index is 0.0333. The molecule has 0 saturated carbocycles. The summed E-state index contributed by atoms with van der Waals surface area (Å²) in [5, 5.41) is 18.5. The lowest BCUT2D eigenvalue weighted by molar-refractivity contribution is -0.129. The van der Waals surface area contributed by atoms with Crippen LogP contribution >= 0.6 is 23.1 Å². The first-order valence-electron chi connectivity index (χ1n) is 17.3. The Morgan fingerprint density at radius 2 is 1.67 bits per heavy atom. The van der Waals surface area contributed by atoms with E-state index < -0.39 is 17.1 Å². The molecule has 0 bridgehead atoms. The van der Waals surface area contributed by atoms with E-state index in [0.717, 1.165) is 16.0 Å². The second kappa shape index (κ2) is 17.6. The van der Waals surface area contributed by atoms with Crippen LogP contribution in [0.4, 0.5) is 10.7 Å². The topological polar surface area (TPSA) is 141 Å². The number of hydrogen-bond acceptors (Lipinski definition) is 8. The Balaban J connectivity index is 1.23. The molecule has 54 heavy (non-hydrogen) atoms. The zero-order valence-electron chi connectivity index (χ0n) is 29.6. The Morgan fingerprint density at radius 3 is 2.35 bits per heavy atom. The van der Waals surface area contributed by atoms with Crippen molar-refractivity contribution in [1.82, 2.24) is 10.2 Å². The van der Waals surface area contributed by atoms with Crippen molar-refractivity contribution < 1.29 is 23.9 Å². The number of nitrogens with one attached hydrogen (secondary N) is 3. The highest BCUT2D eigenvalue weighted by Gasteiger charge is 2.29. The molecule has 0 saturated heterocycles. The number of hydrogen-bond donors (Lipinski definition) is 3. The van der Waals surface area contributed by atoms with Crippen LogP contribution in [-0.2, 0) is 27.3 Å². The lowest BCUT2D eigenvalue weighted by Gasteiger charge is -2.25. The van der Waals surface area contributed by atoms with Gasteiger partial charge in [0, 0.05) is 34.5 Å². The molecule has 0 radical (unpaired) electrons. The number of ether oxygens (including phenoxy) is 1. The zero-order valence-corrected chi connectivity index (χ0v) is 31.3. The standard InChI is InChI=1S/C42H37N5O5S2/c1-3-52-32-19-17-28(18-20-32)23-36(45-39(49)30-13-8-5-9-14-30)40(50)44-31-15-10-16-33(24-31)53-38(29-11-6-4-7-12-29)41(51)46-42-35(25-43)34-21-22-47(27(2)48)26-37(34)54-42/h4-20,23-24,38H,3,21-22,26H2,1-2H3,(H,44,50)(H,45,49)(H,46,51)/b36-23+. The van der Waals surface area contributed by atoms with Gasteiger partial charge >= 0.3 is 0 Å². The minimum atomic E-state index is -0.711. The highest BCUT2D eigenvalue weighted by Crippen LogP contribution is 2.40. The van der Waals surface area contributed by atoms with Gasteiger partial charge in [-0.05, 0) is 78.6 Å². The predicted octanol–water partition coefficient (Wildman–Crippen LogP) is 7.80. The van der Waals surface area contributed by atoms with Crippen LogP contribution in [-0.4, -0.2) is 41.7 Å². The Bertz CT molecular complexity index is 2230. The summed E-state index contributed by atoms with van der Waals surface area (Å²) < 4.78 is 5.54. The summed E-state index contributed by atoms with van der Waals surface area (Å²) in [6.07, 6.45) is 2.14. The second-order valence-electron chi connectivity index (χ2n) is 12.3. The quantitative estimate of drug-likeness (QED) is 0.0872. The van der Waals surface area contributed by atoms with Crippen LogP contribution < -0.4 is 20.7 Å². The lowest BCUT2D eigenvalue weighted by atomic mass is 10.0. The molecule has 0 spiro atoms. The van der Waals surface area contributed by atoms with Crippen molar-refractivity contribution in [2.75, 3.05) is 23.8 Å². The van der Waals surface area contributed by atoms with E-state index in [4.69, 9.17) is 4.74 Å². The van der Waals surface area contributed by atoms with Crippen LogP contribution in [0, 0.1) is 11.3 Å². The third-order valence-corrected chi connectivity index (χ3v) is 10.9. The maximum absolute atomic E-state index is 14.0. The SMILES string of the molecule is CCOc1ccc(/C=C(/NC(=O)c2ccccc2)C(=O)Nc2cccc(SC(C(=O)Nc3sc4c(c3C#N)CCN(C(C)=O)C4)c3ccccc3)c2)cc1. The van der Waals surface area contributed by atoms with Crippen molar-refractivity contribution in [2.45, 2.75) is 37.0 Å². The van der Waals surface area contributed by atoms with Gasteiger partial charge in [0.05, 0.1) is 18.7 Å². The van der Waals surface area contributed by atoms with E-state index in [-0.39, 0.29) is 17.5 Å².